The minimum Gasteiger partial charge on any atom is -0.478 e. The van der Waals surface area contributed by atoms with Gasteiger partial charge in [-0.15, -0.1) is 11.3 Å². The molecule has 4 rings (SSSR count). The average Bonchev–Trinajstić information content (AvgIpc) is 3.14. The van der Waals surface area contributed by atoms with Crippen LogP contribution >= 0.6 is 22.9 Å². The number of aryl methyl sites for hydroxylation is 1. The molecule has 7 heteroatoms. The summed E-state index contributed by atoms with van der Waals surface area (Å²) < 4.78 is 0. The SMILES string of the molecule is Cc1nc(-c2ccc(Cl)cc2)sc1CC(N)[C@@H]1CCCN(c2cccc(C(=O)O)c2)C1. The van der Waals surface area contributed by atoms with Crippen molar-refractivity contribution in [3.63, 3.8) is 0 Å². The molecule has 1 aromatic heterocycles. The van der Waals surface area contributed by atoms with Gasteiger partial charge >= 0.3 is 5.97 Å². The third-order valence-electron chi connectivity index (χ3n) is 5.93. The highest BCUT2D eigenvalue weighted by Crippen LogP contribution is 2.32. The molecule has 0 spiro atoms. The van der Waals surface area contributed by atoms with Crippen LogP contribution in [0.25, 0.3) is 10.6 Å². The summed E-state index contributed by atoms with van der Waals surface area (Å²) in [5, 5.41) is 11.0. The smallest absolute Gasteiger partial charge is 0.335 e. The zero-order valence-corrected chi connectivity index (χ0v) is 19.0. The number of anilines is 1. The van der Waals surface area contributed by atoms with Crippen LogP contribution in [0.15, 0.2) is 48.5 Å². The summed E-state index contributed by atoms with van der Waals surface area (Å²) in [5.74, 6) is -0.549. The molecule has 2 heterocycles. The number of nitrogens with zero attached hydrogens (tertiary/aromatic N) is 2. The van der Waals surface area contributed by atoms with Crippen LogP contribution in [-0.2, 0) is 6.42 Å². The number of carboxylic acid groups (broad SMARTS) is 1. The minimum absolute atomic E-state index is 0.0303. The Kier molecular flexibility index (Phi) is 6.60. The van der Waals surface area contributed by atoms with Gasteiger partial charge < -0.3 is 15.7 Å². The van der Waals surface area contributed by atoms with Gasteiger partial charge in [0.25, 0.3) is 0 Å². The molecule has 3 N–H and O–H groups in total. The highest BCUT2D eigenvalue weighted by atomic mass is 35.5. The minimum atomic E-state index is -0.899. The highest BCUT2D eigenvalue weighted by Gasteiger charge is 2.27. The van der Waals surface area contributed by atoms with Crippen LogP contribution in [0.4, 0.5) is 5.69 Å². The molecule has 1 aliphatic rings. The summed E-state index contributed by atoms with van der Waals surface area (Å²) >= 11 is 7.70. The second-order valence-corrected chi connectivity index (χ2v) is 9.63. The van der Waals surface area contributed by atoms with Crippen LogP contribution in [-0.4, -0.2) is 35.2 Å². The zero-order chi connectivity index (χ0) is 22.0. The van der Waals surface area contributed by atoms with Gasteiger partial charge in [-0.25, -0.2) is 9.78 Å². The van der Waals surface area contributed by atoms with E-state index in [2.05, 4.69) is 4.90 Å². The third kappa shape index (κ3) is 5.09. The van der Waals surface area contributed by atoms with Crippen molar-refractivity contribution in [1.29, 1.82) is 0 Å². The number of hydrogen-bond donors (Lipinski definition) is 2. The maximum Gasteiger partial charge on any atom is 0.335 e. The molecule has 1 fully saturated rings. The van der Waals surface area contributed by atoms with Gasteiger partial charge in [-0.2, -0.15) is 0 Å². The van der Waals surface area contributed by atoms with Gasteiger partial charge in [0.1, 0.15) is 5.01 Å². The fraction of sp³-hybridized carbons (Fsp3) is 0.333. The van der Waals surface area contributed by atoms with Crippen LogP contribution in [0, 0.1) is 12.8 Å². The van der Waals surface area contributed by atoms with E-state index in [1.165, 1.54) is 4.88 Å². The van der Waals surface area contributed by atoms with Gasteiger partial charge in [0.2, 0.25) is 0 Å². The van der Waals surface area contributed by atoms with Crippen molar-refractivity contribution in [1.82, 2.24) is 4.98 Å². The van der Waals surface area contributed by atoms with Crippen LogP contribution < -0.4 is 10.6 Å². The van der Waals surface area contributed by atoms with Crippen LogP contribution in [0.3, 0.4) is 0 Å². The summed E-state index contributed by atoms with van der Waals surface area (Å²) in [6, 6.07) is 15.0. The summed E-state index contributed by atoms with van der Waals surface area (Å²) in [4.78, 5) is 19.6. The van der Waals surface area contributed by atoms with E-state index < -0.39 is 5.97 Å². The molecule has 0 bridgehead atoms. The predicted molar refractivity (Wildman–Crippen MR) is 127 cm³/mol. The van der Waals surface area contributed by atoms with Crippen LogP contribution in [0.2, 0.25) is 5.02 Å². The van der Waals surface area contributed by atoms with Crippen LogP contribution in [0.1, 0.15) is 33.8 Å². The summed E-state index contributed by atoms with van der Waals surface area (Å²) in [5.41, 5.74) is 10.1. The molecule has 1 aliphatic heterocycles. The molecule has 0 saturated carbocycles. The first-order chi connectivity index (χ1) is 14.9. The Morgan fingerprint density at radius 2 is 2.10 bits per heavy atom. The zero-order valence-electron chi connectivity index (χ0n) is 17.4. The Morgan fingerprint density at radius 3 is 2.84 bits per heavy atom. The molecule has 0 aliphatic carbocycles. The number of hydrogen-bond acceptors (Lipinski definition) is 5. The lowest BCUT2D eigenvalue weighted by Crippen LogP contribution is -2.44. The largest absolute Gasteiger partial charge is 0.478 e. The third-order valence-corrected chi connectivity index (χ3v) is 7.41. The number of nitrogens with two attached hydrogens (primary N) is 1. The van der Waals surface area contributed by atoms with Crippen molar-refractivity contribution in [2.24, 2.45) is 11.7 Å². The van der Waals surface area contributed by atoms with Gasteiger partial charge in [-0.3, -0.25) is 0 Å². The van der Waals surface area contributed by atoms with Crippen molar-refractivity contribution in [3.05, 3.63) is 69.7 Å². The number of aromatic carboxylic acids is 1. The molecule has 5 nitrogen and oxygen atoms in total. The second kappa shape index (κ2) is 9.39. The topological polar surface area (TPSA) is 79.5 Å². The molecular formula is C24H26ClN3O2S. The number of thiazole rings is 1. The van der Waals surface area contributed by atoms with Gasteiger partial charge in [0.15, 0.2) is 0 Å². The Morgan fingerprint density at radius 1 is 1.32 bits per heavy atom. The first-order valence-electron chi connectivity index (χ1n) is 10.5. The second-order valence-electron chi connectivity index (χ2n) is 8.11. The van der Waals surface area contributed by atoms with E-state index in [4.69, 9.17) is 22.3 Å². The van der Waals surface area contributed by atoms with E-state index in [0.717, 1.165) is 59.3 Å². The van der Waals surface area contributed by atoms with Gasteiger partial charge in [-0.1, -0.05) is 29.8 Å². The monoisotopic (exact) mass is 455 g/mol. The number of halogens is 1. The Labute approximate surface area is 191 Å². The van der Waals surface area contributed by atoms with Gasteiger partial charge in [0.05, 0.1) is 11.3 Å². The summed E-state index contributed by atoms with van der Waals surface area (Å²) in [6.07, 6.45) is 2.93. The average molecular weight is 456 g/mol. The lowest BCUT2D eigenvalue weighted by atomic mass is 9.88. The molecule has 2 atom stereocenters. The molecule has 162 valence electrons. The molecule has 31 heavy (non-hydrogen) atoms. The lowest BCUT2D eigenvalue weighted by molar-refractivity contribution is 0.0697. The normalized spacial score (nSPS) is 17.5. The van der Waals surface area contributed by atoms with E-state index in [0.29, 0.717) is 11.5 Å². The fourth-order valence-electron chi connectivity index (χ4n) is 4.14. The van der Waals surface area contributed by atoms with Crippen molar-refractivity contribution < 1.29 is 9.90 Å². The Bertz CT molecular complexity index is 1070. The number of carbonyl (C=O) groups is 1. The van der Waals surface area contributed by atoms with Crippen molar-refractivity contribution in [3.8, 4) is 10.6 Å². The maximum absolute atomic E-state index is 11.3. The first kappa shape index (κ1) is 21.8. The number of benzene rings is 2. The standard InChI is InChI=1S/C24H26ClN3O2S/c1-15-22(31-23(27-15)16-7-9-19(25)10-8-16)13-21(26)18-5-3-11-28(14-18)20-6-2-4-17(12-20)24(29)30/h2,4,6-10,12,18,21H,3,5,11,13-14,26H2,1H3,(H,29,30)/t18-,21?/m1/s1. The molecule has 2 aromatic carbocycles. The van der Waals surface area contributed by atoms with Crippen molar-refractivity contribution >= 4 is 34.6 Å². The number of carboxylic acids is 1. The molecule has 1 unspecified atom stereocenters. The van der Waals surface area contributed by atoms with E-state index in [-0.39, 0.29) is 6.04 Å². The number of piperidine rings is 1. The summed E-state index contributed by atoms with van der Waals surface area (Å²) in [6.45, 7) is 3.81. The Balaban J connectivity index is 1.45. The summed E-state index contributed by atoms with van der Waals surface area (Å²) in [7, 11) is 0. The van der Waals surface area contributed by atoms with Crippen molar-refractivity contribution in [2.75, 3.05) is 18.0 Å². The Hall–Kier alpha value is -2.41. The van der Waals surface area contributed by atoms with Crippen LogP contribution in [0.5, 0.6) is 0 Å². The lowest BCUT2D eigenvalue weighted by Gasteiger charge is -2.37. The predicted octanol–water partition coefficient (Wildman–Crippen LogP) is 5.26. The molecular weight excluding hydrogens is 430 g/mol. The quantitative estimate of drug-likeness (QED) is 0.530. The van der Waals surface area contributed by atoms with E-state index >= 15 is 0 Å². The fourth-order valence-corrected chi connectivity index (χ4v) is 5.41. The number of rotatable bonds is 6. The highest BCUT2D eigenvalue weighted by molar-refractivity contribution is 7.15. The molecule has 0 radical (unpaired) electrons. The molecule has 3 aromatic rings. The first-order valence-corrected chi connectivity index (χ1v) is 11.7. The van der Waals surface area contributed by atoms with E-state index in [1.54, 1.807) is 29.5 Å². The van der Waals surface area contributed by atoms with E-state index in [9.17, 15) is 9.90 Å². The molecule has 1 saturated heterocycles. The maximum atomic E-state index is 11.3. The van der Waals surface area contributed by atoms with Gasteiger partial charge in [-0.05, 0) is 62.4 Å². The van der Waals surface area contributed by atoms with Gasteiger partial charge in [0, 0.05) is 40.3 Å². The molecule has 0 amide bonds. The van der Waals surface area contributed by atoms with Crippen molar-refractivity contribution in [2.45, 2.75) is 32.2 Å². The van der Waals surface area contributed by atoms with E-state index in [1.807, 2.05) is 37.3 Å². The number of aromatic nitrogens is 1.